The Hall–Kier alpha value is -0.120. The van der Waals surface area contributed by atoms with Crippen LogP contribution in [-0.2, 0) is 4.74 Å². The van der Waals surface area contributed by atoms with Gasteiger partial charge in [0.05, 0.1) is 12.2 Å². The predicted molar refractivity (Wildman–Crippen MR) is 87.6 cm³/mol. The summed E-state index contributed by atoms with van der Waals surface area (Å²) in [6.45, 7) is 7.18. The van der Waals surface area contributed by atoms with Crippen LogP contribution in [0.2, 0.25) is 0 Å². The minimum Gasteiger partial charge on any atom is -0.372 e. The van der Waals surface area contributed by atoms with E-state index in [2.05, 4.69) is 17.1 Å². The van der Waals surface area contributed by atoms with Gasteiger partial charge >= 0.3 is 0 Å². The molecule has 3 aliphatic rings. The number of hydrogen-bond acceptors (Lipinski definition) is 3. The molecule has 1 N–H and O–H groups in total. The van der Waals surface area contributed by atoms with Gasteiger partial charge < -0.3 is 15.0 Å². The van der Waals surface area contributed by atoms with Crippen LogP contribution in [0.15, 0.2) is 0 Å². The lowest BCUT2D eigenvalue weighted by atomic mass is 9.96. The average Bonchev–Trinajstić information content (AvgIpc) is 3.24. The standard InChI is InChI=1S/C18H34N2O/c1-2-4-15-5-3-11-20(12-10-15)14-18-9-8-17(21-18)13-19-16-6-7-16/h15-19H,2-14H2,1H3. The monoisotopic (exact) mass is 294 g/mol. The summed E-state index contributed by atoms with van der Waals surface area (Å²) >= 11 is 0. The SMILES string of the molecule is CCCC1CCCN(CC2CCC(CNC3CC3)O2)CC1. The van der Waals surface area contributed by atoms with Gasteiger partial charge in [-0.25, -0.2) is 0 Å². The molecule has 122 valence electrons. The molecule has 0 aromatic rings. The molecule has 3 rings (SSSR count). The van der Waals surface area contributed by atoms with Crippen molar-refractivity contribution in [3.8, 4) is 0 Å². The fourth-order valence-corrected chi connectivity index (χ4v) is 4.04. The molecule has 1 aliphatic carbocycles. The Morgan fingerprint density at radius 1 is 1.00 bits per heavy atom. The van der Waals surface area contributed by atoms with E-state index in [1.54, 1.807) is 0 Å². The van der Waals surface area contributed by atoms with E-state index in [0.29, 0.717) is 12.2 Å². The molecule has 0 aromatic carbocycles. The minimum atomic E-state index is 0.482. The molecule has 0 amide bonds. The fraction of sp³-hybridized carbons (Fsp3) is 1.00. The molecule has 2 heterocycles. The first-order valence-corrected chi connectivity index (χ1v) is 9.44. The van der Waals surface area contributed by atoms with E-state index in [4.69, 9.17) is 4.74 Å². The third-order valence-corrected chi connectivity index (χ3v) is 5.51. The zero-order chi connectivity index (χ0) is 14.5. The number of hydrogen-bond donors (Lipinski definition) is 1. The molecule has 1 saturated carbocycles. The van der Waals surface area contributed by atoms with E-state index < -0.39 is 0 Å². The molecule has 3 heteroatoms. The van der Waals surface area contributed by atoms with Gasteiger partial charge in [-0.15, -0.1) is 0 Å². The summed E-state index contributed by atoms with van der Waals surface area (Å²) in [5.41, 5.74) is 0. The van der Waals surface area contributed by atoms with Crippen LogP contribution >= 0.6 is 0 Å². The van der Waals surface area contributed by atoms with E-state index in [-0.39, 0.29) is 0 Å². The van der Waals surface area contributed by atoms with E-state index in [1.807, 2.05) is 0 Å². The lowest BCUT2D eigenvalue weighted by Gasteiger charge is -2.24. The smallest absolute Gasteiger partial charge is 0.0707 e. The third-order valence-electron chi connectivity index (χ3n) is 5.51. The number of nitrogens with one attached hydrogen (secondary N) is 1. The molecule has 0 radical (unpaired) electrons. The van der Waals surface area contributed by atoms with Gasteiger partial charge in [0.1, 0.15) is 0 Å². The Morgan fingerprint density at radius 2 is 1.86 bits per heavy atom. The maximum atomic E-state index is 6.25. The predicted octanol–water partition coefficient (Wildman–Crippen LogP) is 3.19. The molecular weight excluding hydrogens is 260 g/mol. The first-order chi connectivity index (χ1) is 10.3. The molecule has 0 spiro atoms. The van der Waals surface area contributed by atoms with Crippen molar-refractivity contribution in [3.63, 3.8) is 0 Å². The van der Waals surface area contributed by atoms with Crippen LogP contribution in [0.5, 0.6) is 0 Å². The zero-order valence-electron chi connectivity index (χ0n) is 13.9. The molecule has 3 unspecified atom stereocenters. The quantitative estimate of drug-likeness (QED) is 0.780. The molecule has 3 fully saturated rings. The van der Waals surface area contributed by atoms with Gasteiger partial charge in [0.15, 0.2) is 0 Å². The Morgan fingerprint density at radius 3 is 2.67 bits per heavy atom. The van der Waals surface area contributed by atoms with Crippen LogP contribution in [0.25, 0.3) is 0 Å². The summed E-state index contributed by atoms with van der Waals surface area (Å²) in [4.78, 5) is 2.68. The number of ether oxygens (including phenoxy) is 1. The topological polar surface area (TPSA) is 24.5 Å². The summed E-state index contributed by atoms with van der Waals surface area (Å²) < 4.78 is 6.25. The van der Waals surface area contributed by atoms with Crippen molar-refractivity contribution in [3.05, 3.63) is 0 Å². The van der Waals surface area contributed by atoms with Gasteiger partial charge in [-0.1, -0.05) is 19.8 Å². The molecule has 0 aromatic heterocycles. The van der Waals surface area contributed by atoms with Crippen molar-refractivity contribution in [2.45, 2.75) is 83.0 Å². The molecule has 3 nitrogen and oxygen atoms in total. The van der Waals surface area contributed by atoms with Gasteiger partial charge in [0.25, 0.3) is 0 Å². The second-order valence-corrected chi connectivity index (χ2v) is 7.53. The third kappa shape index (κ3) is 5.22. The van der Waals surface area contributed by atoms with Crippen molar-refractivity contribution < 1.29 is 4.74 Å². The van der Waals surface area contributed by atoms with Crippen molar-refractivity contribution in [2.75, 3.05) is 26.2 Å². The lowest BCUT2D eigenvalue weighted by Crippen LogP contribution is -2.35. The molecule has 21 heavy (non-hydrogen) atoms. The fourth-order valence-electron chi connectivity index (χ4n) is 4.04. The summed E-state index contributed by atoms with van der Waals surface area (Å²) in [7, 11) is 0. The van der Waals surface area contributed by atoms with Gasteiger partial charge in [-0.3, -0.25) is 0 Å². The molecule has 2 aliphatic heterocycles. The van der Waals surface area contributed by atoms with Gasteiger partial charge in [-0.05, 0) is 64.0 Å². The zero-order valence-corrected chi connectivity index (χ0v) is 13.9. The maximum Gasteiger partial charge on any atom is 0.0707 e. The van der Waals surface area contributed by atoms with Crippen LogP contribution in [0.4, 0.5) is 0 Å². The Kier molecular flexibility index (Phi) is 5.96. The maximum absolute atomic E-state index is 6.25. The highest BCUT2D eigenvalue weighted by atomic mass is 16.5. The number of likely N-dealkylation sites (tertiary alicyclic amines) is 1. The van der Waals surface area contributed by atoms with Crippen molar-refractivity contribution in [1.29, 1.82) is 0 Å². The van der Waals surface area contributed by atoms with E-state index in [9.17, 15) is 0 Å². The number of rotatable bonds is 7. The summed E-state index contributed by atoms with van der Waals surface area (Å²) in [5, 5.41) is 3.61. The normalized spacial score (nSPS) is 35.0. The van der Waals surface area contributed by atoms with Gasteiger partial charge in [-0.2, -0.15) is 0 Å². The van der Waals surface area contributed by atoms with E-state index >= 15 is 0 Å². The van der Waals surface area contributed by atoms with Crippen LogP contribution in [0.1, 0.15) is 64.7 Å². The molecule has 3 atom stereocenters. The summed E-state index contributed by atoms with van der Waals surface area (Å²) in [6.07, 6.45) is 13.3. The Labute approximate surface area is 130 Å². The molecule has 0 bridgehead atoms. The highest BCUT2D eigenvalue weighted by Crippen LogP contribution is 2.25. The average molecular weight is 294 g/mol. The Balaban J connectivity index is 1.34. The first kappa shape index (κ1) is 15.8. The lowest BCUT2D eigenvalue weighted by molar-refractivity contribution is 0.0236. The minimum absolute atomic E-state index is 0.482. The van der Waals surface area contributed by atoms with Crippen LogP contribution < -0.4 is 5.32 Å². The van der Waals surface area contributed by atoms with E-state index in [1.165, 1.54) is 77.4 Å². The summed E-state index contributed by atoms with van der Waals surface area (Å²) in [6, 6.07) is 0.814. The van der Waals surface area contributed by atoms with Crippen LogP contribution in [0, 0.1) is 5.92 Å². The van der Waals surface area contributed by atoms with Gasteiger partial charge in [0, 0.05) is 19.1 Å². The van der Waals surface area contributed by atoms with Gasteiger partial charge in [0.2, 0.25) is 0 Å². The highest BCUT2D eigenvalue weighted by molar-refractivity contribution is 4.85. The second kappa shape index (κ2) is 7.94. The van der Waals surface area contributed by atoms with Crippen molar-refractivity contribution >= 4 is 0 Å². The summed E-state index contributed by atoms with van der Waals surface area (Å²) in [5.74, 6) is 0.986. The van der Waals surface area contributed by atoms with E-state index in [0.717, 1.165) is 18.5 Å². The highest BCUT2D eigenvalue weighted by Gasteiger charge is 2.29. The number of nitrogens with zero attached hydrogens (tertiary/aromatic N) is 1. The van der Waals surface area contributed by atoms with Crippen LogP contribution in [0.3, 0.4) is 0 Å². The van der Waals surface area contributed by atoms with Crippen molar-refractivity contribution in [1.82, 2.24) is 10.2 Å². The largest absolute Gasteiger partial charge is 0.372 e. The first-order valence-electron chi connectivity index (χ1n) is 9.44. The molecular formula is C18H34N2O. The second-order valence-electron chi connectivity index (χ2n) is 7.53. The Bertz CT molecular complexity index is 306. The van der Waals surface area contributed by atoms with Crippen molar-refractivity contribution in [2.24, 2.45) is 5.92 Å². The molecule has 2 saturated heterocycles. The van der Waals surface area contributed by atoms with Crippen LogP contribution in [-0.4, -0.2) is 49.3 Å².